The van der Waals surface area contributed by atoms with Gasteiger partial charge in [-0.1, -0.05) is 6.07 Å². The number of aromatic nitrogens is 4. The molecule has 128 valence electrons. The summed E-state index contributed by atoms with van der Waals surface area (Å²) in [6.45, 7) is -0.112. The molecule has 0 spiro atoms. The molecule has 0 bridgehead atoms. The second-order valence-electron chi connectivity index (χ2n) is 5.64. The van der Waals surface area contributed by atoms with Crippen LogP contribution in [0.5, 0.6) is 0 Å². The molecular formula is C17H17FN6O. The largest absolute Gasteiger partial charge is 0.378 e. The summed E-state index contributed by atoms with van der Waals surface area (Å²) < 4.78 is 13.1. The van der Waals surface area contributed by atoms with Gasteiger partial charge in [0, 0.05) is 31.0 Å². The molecule has 0 aliphatic rings. The zero-order chi connectivity index (χ0) is 17.8. The number of nitrogens with one attached hydrogen (secondary N) is 1. The fourth-order valence-corrected chi connectivity index (χ4v) is 2.23. The molecule has 2 aromatic carbocycles. The Kier molecular flexibility index (Phi) is 4.69. The SMILES string of the molecule is CN(C)c1ccc(-c2nnn(CC(=O)Nc3cccc(F)c3)n2)cc1. The van der Waals surface area contributed by atoms with Crippen LogP contribution in [0.25, 0.3) is 11.4 Å². The first kappa shape index (κ1) is 16.6. The number of carbonyl (C=O) groups is 1. The molecule has 0 fully saturated rings. The van der Waals surface area contributed by atoms with Gasteiger partial charge in [0.1, 0.15) is 12.4 Å². The van der Waals surface area contributed by atoms with E-state index in [0.29, 0.717) is 11.5 Å². The number of rotatable bonds is 5. The van der Waals surface area contributed by atoms with Crippen LogP contribution in [-0.4, -0.2) is 40.2 Å². The van der Waals surface area contributed by atoms with Crippen LogP contribution in [0.15, 0.2) is 48.5 Å². The lowest BCUT2D eigenvalue weighted by molar-refractivity contribution is -0.117. The molecule has 0 aliphatic carbocycles. The highest BCUT2D eigenvalue weighted by Gasteiger charge is 2.10. The van der Waals surface area contributed by atoms with Gasteiger partial charge in [-0.2, -0.15) is 4.80 Å². The molecule has 8 heteroatoms. The van der Waals surface area contributed by atoms with Gasteiger partial charge in [0.2, 0.25) is 11.7 Å². The highest BCUT2D eigenvalue weighted by molar-refractivity contribution is 5.90. The molecule has 0 saturated heterocycles. The van der Waals surface area contributed by atoms with Crippen molar-refractivity contribution in [3.05, 3.63) is 54.3 Å². The van der Waals surface area contributed by atoms with Crippen molar-refractivity contribution in [3.63, 3.8) is 0 Å². The van der Waals surface area contributed by atoms with Crippen LogP contribution in [0.2, 0.25) is 0 Å². The standard InChI is InChI=1S/C17H17FN6O/c1-23(2)15-8-6-12(7-9-15)17-20-22-24(21-17)11-16(25)19-14-5-3-4-13(18)10-14/h3-10H,11H2,1-2H3,(H,19,25). The van der Waals surface area contributed by atoms with Crippen LogP contribution in [0, 0.1) is 5.82 Å². The molecule has 3 aromatic rings. The van der Waals surface area contributed by atoms with Gasteiger partial charge in [-0.15, -0.1) is 10.2 Å². The summed E-state index contributed by atoms with van der Waals surface area (Å²) in [5, 5.41) is 14.6. The number of benzene rings is 2. The maximum absolute atomic E-state index is 13.1. The lowest BCUT2D eigenvalue weighted by atomic mass is 10.2. The third-order valence-corrected chi connectivity index (χ3v) is 3.49. The number of carbonyl (C=O) groups excluding carboxylic acids is 1. The van der Waals surface area contributed by atoms with Gasteiger partial charge in [0.25, 0.3) is 0 Å². The minimum absolute atomic E-state index is 0.112. The molecule has 7 nitrogen and oxygen atoms in total. The molecular weight excluding hydrogens is 323 g/mol. The summed E-state index contributed by atoms with van der Waals surface area (Å²) in [5.74, 6) is -0.346. The highest BCUT2D eigenvalue weighted by atomic mass is 19.1. The molecule has 0 atom stereocenters. The van der Waals surface area contributed by atoms with E-state index in [9.17, 15) is 9.18 Å². The van der Waals surface area contributed by atoms with E-state index >= 15 is 0 Å². The van der Waals surface area contributed by atoms with E-state index in [4.69, 9.17) is 0 Å². The zero-order valence-corrected chi connectivity index (χ0v) is 13.8. The summed E-state index contributed by atoms with van der Waals surface area (Å²) >= 11 is 0. The fourth-order valence-electron chi connectivity index (χ4n) is 2.23. The minimum atomic E-state index is -0.417. The predicted molar refractivity (Wildman–Crippen MR) is 92.6 cm³/mol. The average molecular weight is 340 g/mol. The Balaban J connectivity index is 1.66. The number of nitrogens with zero attached hydrogens (tertiary/aromatic N) is 5. The van der Waals surface area contributed by atoms with Gasteiger partial charge < -0.3 is 10.2 Å². The van der Waals surface area contributed by atoms with Gasteiger partial charge in [-0.25, -0.2) is 4.39 Å². The number of anilines is 2. The van der Waals surface area contributed by atoms with Crippen molar-refractivity contribution in [1.29, 1.82) is 0 Å². The Morgan fingerprint density at radius 1 is 1.20 bits per heavy atom. The Morgan fingerprint density at radius 2 is 1.96 bits per heavy atom. The normalized spacial score (nSPS) is 10.5. The van der Waals surface area contributed by atoms with Crippen molar-refractivity contribution in [2.45, 2.75) is 6.54 Å². The first-order valence-electron chi connectivity index (χ1n) is 7.62. The van der Waals surface area contributed by atoms with Gasteiger partial charge in [0.15, 0.2) is 0 Å². The Labute approximate surface area is 144 Å². The molecule has 1 amide bonds. The van der Waals surface area contributed by atoms with Crippen LogP contribution >= 0.6 is 0 Å². The molecule has 1 N–H and O–H groups in total. The maximum Gasteiger partial charge on any atom is 0.248 e. The van der Waals surface area contributed by atoms with E-state index in [-0.39, 0.29) is 12.5 Å². The second-order valence-corrected chi connectivity index (χ2v) is 5.64. The van der Waals surface area contributed by atoms with Crippen LogP contribution in [0.3, 0.4) is 0 Å². The fraction of sp³-hybridized carbons (Fsp3) is 0.176. The number of hydrogen-bond acceptors (Lipinski definition) is 5. The molecule has 3 rings (SSSR count). The molecule has 1 heterocycles. The predicted octanol–water partition coefficient (Wildman–Crippen LogP) is 2.18. The van der Waals surface area contributed by atoms with E-state index in [1.807, 2.05) is 43.3 Å². The minimum Gasteiger partial charge on any atom is -0.378 e. The van der Waals surface area contributed by atoms with Crippen LogP contribution in [-0.2, 0) is 11.3 Å². The molecule has 0 unspecified atom stereocenters. The first-order valence-corrected chi connectivity index (χ1v) is 7.62. The molecule has 1 aromatic heterocycles. The van der Waals surface area contributed by atoms with Crippen molar-refractivity contribution >= 4 is 17.3 Å². The van der Waals surface area contributed by atoms with Crippen LogP contribution in [0.1, 0.15) is 0 Å². The molecule has 25 heavy (non-hydrogen) atoms. The van der Waals surface area contributed by atoms with Crippen molar-refractivity contribution < 1.29 is 9.18 Å². The maximum atomic E-state index is 13.1. The van der Waals surface area contributed by atoms with Crippen LogP contribution in [0.4, 0.5) is 15.8 Å². The van der Waals surface area contributed by atoms with E-state index in [2.05, 4.69) is 20.7 Å². The summed E-state index contributed by atoms with van der Waals surface area (Å²) in [6, 6.07) is 13.4. The van der Waals surface area contributed by atoms with E-state index in [1.54, 1.807) is 6.07 Å². The smallest absolute Gasteiger partial charge is 0.248 e. The topological polar surface area (TPSA) is 75.9 Å². The van der Waals surface area contributed by atoms with E-state index in [1.165, 1.54) is 23.0 Å². The van der Waals surface area contributed by atoms with Crippen LogP contribution < -0.4 is 10.2 Å². The average Bonchev–Trinajstić information content (AvgIpc) is 3.03. The molecule has 0 aliphatic heterocycles. The van der Waals surface area contributed by atoms with Gasteiger partial charge in [-0.05, 0) is 47.7 Å². The van der Waals surface area contributed by atoms with Gasteiger partial charge in [0.05, 0.1) is 0 Å². The summed E-state index contributed by atoms with van der Waals surface area (Å²) in [6.07, 6.45) is 0. The van der Waals surface area contributed by atoms with Crippen molar-refractivity contribution in [2.75, 3.05) is 24.3 Å². The third kappa shape index (κ3) is 4.17. The second kappa shape index (κ2) is 7.08. The van der Waals surface area contributed by atoms with Crippen molar-refractivity contribution in [2.24, 2.45) is 0 Å². The third-order valence-electron chi connectivity index (χ3n) is 3.49. The zero-order valence-electron chi connectivity index (χ0n) is 13.8. The number of tetrazole rings is 1. The number of halogens is 1. The van der Waals surface area contributed by atoms with Crippen molar-refractivity contribution in [1.82, 2.24) is 20.2 Å². The van der Waals surface area contributed by atoms with E-state index < -0.39 is 5.82 Å². The summed E-state index contributed by atoms with van der Waals surface area (Å²) in [4.78, 5) is 15.2. The van der Waals surface area contributed by atoms with Gasteiger partial charge >= 0.3 is 0 Å². The number of amides is 1. The Bertz CT molecular complexity index is 875. The lowest BCUT2D eigenvalue weighted by Crippen LogP contribution is -2.20. The summed E-state index contributed by atoms with van der Waals surface area (Å²) in [7, 11) is 3.92. The quantitative estimate of drug-likeness (QED) is 0.770. The highest BCUT2D eigenvalue weighted by Crippen LogP contribution is 2.18. The molecule has 0 radical (unpaired) electrons. The first-order chi connectivity index (χ1) is 12.0. The summed E-state index contributed by atoms with van der Waals surface area (Å²) in [5.41, 5.74) is 2.25. The van der Waals surface area contributed by atoms with E-state index in [0.717, 1.165) is 11.3 Å². The Morgan fingerprint density at radius 3 is 2.64 bits per heavy atom. The Hall–Kier alpha value is -3.29. The lowest BCUT2D eigenvalue weighted by Gasteiger charge is -2.11. The molecule has 0 saturated carbocycles. The number of hydrogen-bond donors (Lipinski definition) is 1. The monoisotopic (exact) mass is 340 g/mol. The van der Waals surface area contributed by atoms with Crippen molar-refractivity contribution in [3.8, 4) is 11.4 Å². The van der Waals surface area contributed by atoms with Gasteiger partial charge in [-0.3, -0.25) is 4.79 Å².